The molecule has 4 aromatic rings. The van der Waals surface area contributed by atoms with E-state index in [2.05, 4.69) is 27.3 Å². The number of amidine groups is 1. The molecule has 3 aromatic carbocycles. The summed E-state index contributed by atoms with van der Waals surface area (Å²) in [4.78, 5) is 55.8. The van der Waals surface area contributed by atoms with Crippen LogP contribution in [-0.4, -0.2) is 76.6 Å². The quantitative estimate of drug-likeness (QED) is 0.225. The van der Waals surface area contributed by atoms with Crippen LogP contribution in [0.2, 0.25) is 0 Å². The third kappa shape index (κ3) is 7.44. The van der Waals surface area contributed by atoms with Gasteiger partial charge in [-0.05, 0) is 79.4 Å². The molecule has 4 heterocycles. The van der Waals surface area contributed by atoms with Crippen LogP contribution in [0.1, 0.15) is 47.8 Å². The van der Waals surface area contributed by atoms with E-state index in [1.165, 1.54) is 11.8 Å². The van der Waals surface area contributed by atoms with Crippen LogP contribution < -0.4 is 10.2 Å². The standard InChI is InChI=1S/C39H40N6O4S/c1-27(28-8-3-2-4-9-28)37(47)44-21-7-11-34(44)36(46)41-30-14-12-29(13-15-30)35-38(48)45(26-32-10-5-6-20-40-32)39(50-35)42-31-16-18-33(19-17-31)43-22-24-49-25-23-43/h2-6,8-10,12-20,27,34-35H,7,11,21-26H2,1H3,(H,41,46)/b42-39-/t27-,34-,35?/m0/s1. The summed E-state index contributed by atoms with van der Waals surface area (Å²) in [5.41, 5.74) is 5.02. The van der Waals surface area contributed by atoms with Crippen LogP contribution in [0.3, 0.4) is 0 Å². The van der Waals surface area contributed by atoms with Gasteiger partial charge >= 0.3 is 0 Å². The topological polar surface area (TPSA) is 107 Å². The number of anilines is 2. The Balaban J connectivity index is 1.05. The predicted octanol–water partition coefficient (Wildman–Crippen LogP) is 6.16. The normalized spacial score (nSPS) is 20.7. The molecular formula is C39H40N6O4S. The van der Waals surface area contributed by atoms with E-state index in [4.69, 9.17) is 9.73 Å². The first kappa shape index (κ1) is 33.5. The zero-order valence-electron chi connectivity index (χ0n) is 28.0. The Morgan fingerprint density at radius 2 is 1.68 bits per heavy atom. The number of nitrogens with zero attached hydrogens (tertiary/aromatic N) is 5. The summed E-state index contributed by atoms with van der Waals surface area (Å²) in [6, 6.07) is 30.3. The van der Waals surface area contributed by atoms with E-state index >= 15 is 0 Å². The van der Waals surface area contributed by atoms with Crippen molar-refractivity contribution < 1.29 is 19.1 Å². The number of amides is 3. The van der Waals surface area contributed by atoms with E-state index in [1.807, 2.05) is 91.9 Å². The van der Waals surface area contributed by atoms with Gasteiger partial charge in [0.2, 0.25) is 17.7 Å². The lowest BCUT2D eigenvalue weighted by Crippen LogP contribution is -2.44. The molecule has 0 spiro atoms. The Hall–Kier alpha value is -5.00. The summed E-state index contributed by atoms with van der Waals surface area (Å²) in [5, 5.41) is 3.12. The summed E-state index contributed by atoms with van der Waals surface area (Å²) in [7, 11) is 0. The monoisotopic (exact) mass is 688 g/mol. The molecule has 11 heteroatoms. The number of nitrogens with one attached hydrogen (secondary N) is 1. The van der Waals surface area contributed by atoms with Gasteiger partial charge in [0.15, 0.2) is 5.17 Å². The Labute approximate surface area is 296 Å². The molecule has 3 aliphatic heterocycles. The minimum atomic E-state index is -0.526. The number of carbonyl (C=O) groups excluding carboxylic acids is 3. The first-order valence-electron chi connectivity index (χ1n) is 17.1. The number of hydrogen-bond acceptors (Lipinski definition) is 8. The summed E-state index contributed by atoms with van der Waals surface area (Å²) in [5.74, 6) is -0.647. The van der Waals surface area contributed by atoms with E-state index in [0.717, 1.165) is 47.7 Å². The maximum absolute atomic E-state index is 13.9. The highest BCUT2D eigenvalue weighted by atomic mass is 32.2. The van der Waals surface area contributed by atoms with Crippen LogP contribution in [0.25, 0.3) is 0 Å². The summed E-state index contributed by atoms with van der Waals surface area (Å²) in [6.07, 6.45) is 3.12. The number of aromatic nitrogens is 1. The lowest BCUT2D eigenvalue weighted by Gasteiger charge is -2.28. The molecule has 3 amide bonds. The number of carbonyl (C=O) groups is 3. The fourth-order valence-electron chi connectivity index (χ4n) is 6.62. The fourth-order valence-corrected chi connectivity index (χ4v) is 7.80. The second-order valence-corrected chi connectivity index (χ2v) is 13.8. The molecule has 3 aliphatic rings. The fraction of sp³-hybridized carbons (Fsp3) is 0.308. The Morgan fingerprint density at radius 1 is 0.940 bits per heavy atom. The van der Waals surface area contributed by atoms with E-state index in [-0.39, 0.29) is 23.6 Å². The van der Waals surface area contributed by atoms with Crippen LogP contribution in [0, 0.1) is 0 Å². The molecule has 0 radical (unpaired) electrons. The van der Waals surface area contributed by atoms with Gasteiger partial charge in [-0.3, -0.25) is 24.3 Å². The Kier molecular flexibility index (Phi) is 10.2. The molecule has 7 rings (SSSR count). The highest BCUT2D eigenvalue weighted by molar-refractivity contribution is 8.15. The van der Waals surface area contributed by atoms with Crippen molar-refractivity contribution in [2.24, 2.45) is 4.99 Å². The molecule has 256 valence electrons. The number of morpholine rings is 1. The molecule has 0 bridgehead atoms. The third-order valence-electron chi connectivity index (χ3n) is 9.43. The lowest BCUT2D eigenvalue weighted by atomic mass is 9.99. The van der Waals surface area contributed by atoms with Gasteiger partial charge in [-0.1, -0.05) is 60.3 Å². The molecule has 10 nitrogen and oxygen atoms in total. The number of thioether (sulfide) groups is 1. The lowest BCUT2D eigenvalue weighted by molar-refractivity contribution is -0.137. The van der Waals surface area contributed by atoms with Gasteiger partial charge in [0.25, 0.3) is 0 Å². The van der Waals surface area contributed by atoms with Gasteiger partial charge in [-0.25, -0.2) is 4.99 Å². The van der Waals surface area contributed by atoms with Gasteiger partial charge in [-0.2, -0.15) is 0 Å². The maximum atomic E-state index is 13.9. The number of rotatable bonds is 9. The highest BCUT2D eigenvalue weighted by Gasteiger charge is 2.40. The van der Waals surface area contributed by atoms with Crippen molar-refractivity contribution in [2.75, 3.05) is 43.1 Å². The van der Waals surface area contributed by atoms with Crippen molar-refractivity contribution in [1.29, 1.82) is 0 Å². The number of ether oxygens (including phenoxy) is 1. The highest BCUT2D eigenvalue weighted by Crippen LogP contribution is 2.41. The second-order valence-electron chi connectivity index (χ2n) is 12.7. The van der Waals surface area contributed by atoms with Crippen LogP contribution in [0.5, 0.6) is 0 Å². The van der Waals surface area contributed by atoms with Crippen molar-refractivity contribution >= 4 is 51.7 Å². The third-order valence-corrected chi connectivity index (χ3v) is 10.7. The molecule has 0 saturated carbocycles. The molecule has 1 N–H and O–H groups in total. The smallest absolute Gasteiger partial charge is 0.247 e. The zero-order valence-corrected chi connectivity index (χ0v) is 28.8. The van der Waals surface area contributed by atoms with Crippen LogP contribution >= 0.6 is 11.8 Å². The zero-order chi connectivity index (χ0) is 34.5. The van der Waals surface area contributed by atoms with Crippen LogP contribution in [-0.2, 0) is 25.7 Å². The van der Waals surface area contributed by atoms with E-state index in [9.17, 15) is 14.4 Å². The first-order valence-corrected chi connectivity index (χ1v) is 18.0. The van der Waals surface area contributed by atoms with Crippen molar-refractivity contribution in [3.05, 3.63) is 120 Å². The van der Waals surface area contributed by atoms with E-state index in [1.54, 1.807) is 16.0 Å². The second kappa shape index (κ2) is 15.3. The van der Waals surface area contributed by atoms with Crippen molar-refractivity contribution in [1.82, 2.24) is 14.8 Å². The molecule has 3 saturated heterocycles. The number of pyridine rings is 1. The number of aliphatic imine (C=N–C) groups is 1. The molecule has 3 fully saturated rings. The number of benzene rings is 3. The maximum Gasteiger partial charge on any atom is 0.247 e. The van der Waals surface area contributed by atoms with Crippen molar-refractivity contribution in [3.8, 4) is 0 Å². The summed E-state index contributed by atoms with van der Waals surface area (Å²) < 4.78 is 5.49. The van der Waals surface area contributed by atoms with Crippen LogP contribution in [0.15, 0.2) is 108 Å². The number of likely N-dealkylation sites (tertiary alicyclic amines) is 1. The summed E-state index contributed by atoms with van der Waals surface area (Å²) in [6.45, 7) is 5.90. The Morgan fingerprint density at radius 3 is 2.40 bits per heavy atom. The Bertz CT molecular complexity index is 1830. The molecule has 1 unspecified atom stereocenters. The van der Waals surface area contributed by atoms with Gasteiger partial charge < -0.3 is 19.9 Å². The van der Waals surface area contributed by atoms with Gasteiger partial charge in [0.1, 0.15) is 11.3 Å². The predicted molar refractivity (Wildman–Crippen MR) is 196 cm³/mol. The average molecular weight is 689 g/mol. The first-order chi connectivity index (χ1) is 24.4. The van der Waals surface area contributed by atoms with Crippen molar-refractivity contribution in [3.63, 3.8) is 0 Å². The average Bonchev–Trinajstić information content (AvgIpc) is 3.78. The van der Waals surface area contributed by atoms with Crippen molar-refractivity contribution in [2.45, 2.75) is 43.5 Å². The van der Waals surface area contributed by atoms with E-state index in [0.29, 0.717) is 43.6 Å². The molecule has 3 atom stereocenters. The molecule has 0 aliphatic carbocycles. The number of hydrogen-bond donors (Lipinski definition) is 1. The molecule has 50 heavy (non-hydrogen) atoms. The SMILES string of the molecule is C[C@H](C(=O)N1CCC[C@H]1C(=O)Nc1ccc(C2S/C(=N\c3ccc(N4CCOCC4)cc3)N(Cc3ccccn3)C2=O)cc1)c1ccccc1. The van der Waals surface area contributed by atoms with Gasteiger partial charge in [0, 0.05) is 37.2 Å². The van der Waals surface area contributed by atoms with Gasteiger partial charge in [-0.15, -0.1) is 0 Å². The van der Waals surface area contributed by atoms with E-state index < -0.39 is 11.3 Å². The minimum Gasteiger partial charge on any atom is -0.378 e. The minimum absolute atomic E-state index is 0.0401. The molecule has 1 aromatic heterocycles. The molecular weight excluding hydrogens is 649 g/mol. The largest absolute Gasteiger partial charge is 0.378 e. The summed E-state index contributed by atoms with van der Waals surface area (Å²) >= 11 is 1.41. The van der Waals surface area contributed by atoms with Gasteiger partial charge in [0.05, 0.1) is 37.1 Å². The van der Waals surface area contributed by atoms with Crippen LogP contribution in [0.4, 0.5) is 17.1 Å².